The molecule has 0 saturated heterocycles. The van der Waals surface area contributed by atoms with E-state index in [1.165, 1.54) is 18.2 Å². The summed E-state index contributed by atoms with van der Waals surface area (Å²) in [5.41, 5.74) is 1.01. The number of carbonyl (C=O) groups is 1. The molecule has 2 aromatic carbocycles. The van der Waals surface area contributed by atoms with Gasteiger partial charge in [-0.2, -0.15) is 0 Å². The van der Waals surface area contributed by atoms with Gasteiger partial charge in [-0.25, -0.2) is 4.39 Å². The Bertz CT molecular complexity index is 619. The van der Waals surface area contributed by atoms with E-state index in [0.29, 0.717) is 5.75 Å². The predicted molar refractivity (Wildman–Crippen MR) is 79.9 cm³/mol. The molecule has 0 radical (unpaired) electrons. The summed E-state index contributed by atoms with van der Waals surface area (Å²) >= 11 is 5.64. The fourth-order valence-electron chi connectivity index (χ4n) is 1.82. The van der Waals surface area contributed by atoms with Crippen LogP contribution in [0.25, 0.3) is 0 Å². The summed E-state index contributed by atoms with van der Waals surface area (Å²) in [6.45, 7) is 1.74. The largest absolute Gasteiger partial charge is 0.484 e. The van der Waals surface area contributed by atoms with Gasteiger partial charge in [0.1, 0.15) is 11.6 Å². The first-order valence-electron chi connectivity index (χ1n) is 6.48. The number of ether oxygens (including phenoxy) is 1. The number of halogens is 2. The molecule has 110 valence electrons. The molecule has 3 nitrogen and oxygen atoms in total. The highest BCUT2D eigenvalue weighted by molar-refractivity contribution is 6.30. The van der Waals surface area contributed by atoms with Crippen molar-refractivity contribution in [1.29, 1.82) is 0 Å². The predicted octanol–water partition coefficient (Wildman–Crippen LogP) is 3.74. The maximum Gasteiger partial charge on any atom is 0.258 e. The fraction of sp³-hybridized carbons (Fsp3) is 0.188. The number of benzene rings is 2. The Morgan fingerprint density at radius 1 is 1.29 bits per heavy atom. The topological polar surface area (TPSA) is 38.3 Å². The second-order valence-electron chi connectivity index (χ2n) is 4.56. The van der Waals surface area contributed by atoms with Crippen LogP contribution >= 0.6 is 11.6 Å². The van der Waals surface area contributed by atoms with Crippen LogP contribution in [0.2, 0.25) is 5.02 Å². The van der Waals surface area contributed by atoms with Crippen molar-refractivity contribution in [2.75, 3.05) is 6.61 Å². The molecule has 0 fully saturated rings. The van der Waals surface area contributed by atoms with Crippen LogP contribution in [0.4, 0.5) is 4.39 Å². The van der Waals surface area contributed by atoms with E-state index in [1.807, 2.05) is 37.3 Å². The van der Waals surface area contributed by atoms with Gasteiger partial charge in [-0.15, -0.1) is 0 Å². The molecule has 21 heavy (non-hydrogen) atoms. The first kappa shape index (κ1) is 15.3. The van der Waals surface area contributed by atoms with Gasteiger partial charge in [0.25, 0.3) is 5.91 Å². The molecule has 0 unspecified atom stereocenters. The molecule has 1 N–H and O–H groups in total. The molecule has 0 spiro atoms. The minimum atomic E-state index is -0.522. The zero-order valence-electron chi connectivity index (χ0n) is 11.5. The molecule has 0 aliphatic carbocycles. The standard InChI is InChI=1S/C16H15ClFNO2/c1-11(12-5-3-2-4-6-12)19-16(20)10-21-13-7-8-15(18)14(17)9-13/h2-9,11H,10H2,1H3,(H,19,20)/t11-/m1/s1. The molecular weight excluding hydrogens is 293 g/mol. The minimum Gasteiger partial charge on any atom is -0.484 e. The first-order valence-corrected chi connectivity index (χ1v) is 6.86. The van der Waals surface area contributed by atoms with Crippen molar-refractivity contribution in [3.05, 3.63) is 64.9 Å². The highest BCUT2D eigenvalue weighted by Crippen LogP contribution is 2.21. The van der Waals surface area contributed by atoms with Crippen molar-refractivity contribution >= 4 is 17.5 Å². The molecule has 5 heteroatoms. The zero-order valence-corrected chi connectivity index (χ0v) is 12.2. The number of rotatable bonds is 5. The van der Waals surface area contributed by atoms with Crippen molar-refractivity contribution < 1.29 is 13.9 Å². The lowest BCUT2D eigenvalue weighted by Crippen LogP contribution is -2.31. The van der Waals surface area contributed by atoms with Crippen LogP contribution in [-0.2, 0) is 4.79 Å². The highest BCUT2D eigenvalue weighted by Gasteiger charge is 2.10. The van der Waals surface area contributed by atoms with E-state index in [0.717, 1.165) is 5.56 Å². The third-order valence-electron chi connectivity index (χ3n) is 2.94. The van der Waals surface area contributed by atoms with E-state index in [9.17, 15) is 9.18 Å². The van der Waals surface area contributed by atoms with E-state index in [-0.39, 0.29) is 23.6 Å². The first-order chi connectivity index (χ1) is 10.1. The lowest BCUT2D eigenvalue weighted by atomic mass is 10.1. The van der Waals surface area contributed by atoms with Gasteiger partial charge in [0.05, 0.1) is 11.1 Å². The molecule has 0 aromatic heterocycles. The molecule has 0 aliphatic heterocycles. The van der Waals surface area contributed by atoms with E-state index >= 15 is 0 Å². The third kappa shape index (κ3) is 4.46. The second-order valence-corrected chi connectivity index (χ2v) is 4.97. The van der Waals surface area contributed by atoms with E-state index in [4.69, 9.17) is 16.3 Å². The Morgan fingerprint density at radius 2 is 2.00 bits per heavy atom. The van der Waals surface area contributed by atoms with Gasteiger partial charge in [0.2, 0.25) is 0 Å². The van der Waals surface area contributed by atoms with Crippen LogP contribution < -0.4 is 10.1 Å². The normalized spacial score (nSPS) is 11.8. The summed E-state index contributed by atoms with van der Waals surface area (Å²) in [4.78, 5) is 11.8. The maximum atomic E-state index is 13.0. The van der Waals surface area contributed by atoms with Gasteiger partial charge >= 0.3 is 0 Å². The minimum absolute atomic E-state index is 0.0365. The van der Waals surface area contributed by atoms with Crippen molar-refractivity contribution in [1.82, 2.24) is 5.32 Å². The van der Waals surface area contributed by atoms with Crippen LogP contribution in [0.15, 0.2) is 48.5 Å². The van der Waals surface area contributed by atoms with Crippen molar-refractivity contribution in [2.24, 2.45) is 0 Å². The molecule has 0 bridgehead atoms. The van der Waals surface area contributed by atoms with Gasteiger partial charge in [0.15, 0.2) is 6.61 Å². The Kier molecular flexibility index (Phi) is 5.17. The summed E-state index contributed by atoms with van der Waals surface area (Å²) in [5, 5.41) is 2.78. The number of carbonyl (C=O) groups excluding carboxylic acids is 1. The van der Waals surface area contributed by atoms with Gasteiger partial charge in [-0.05, 0) is 24.6 Å². The quantitative estimate of drug-likeness (QED) is 0.914. The second kappa shape index (κ2) is 7.09. The fourth-order valence-corrected chi connectivity index (χ4v) is 1.99. The Balaban J connectivity index is 1.86. The summed E-state index contributed by atoms with van der Waals surface area (Å²) in [5.74, 6) is -0.429. The van der Waals surface area contributed by atoms with Crippen molar-refractivity contribution in [3.8, 4) is 5.75 Å². The number of amides is 1. The van der Waals surface area contributed by atoms with Crippen LogP contribution in [0, 0.1) is 5.82 Å². The molecule has 2 rings (SSSR count). The number of nitrogens with one attached hydrogen (secondary N) is 1. The summed E-state index contributed by atoms with van der Waals surface area (Å²) in [6, 6.07) is 13.5. The molecule has 0 heterocycles. The maximum absolute atomic E-state index is 13.0. The summed E-state index contributed by atoms with van der Waals surface area (Å²) in [7, 11) is 0. The molecule has 0 aliphatic rings. The molecule has 1 amide bonds. The Labute approximate surface area is 127 Å². The molecule has 2 aromatic rings. The van der Waals surface area contributed by atoms with Gasteiger partial charge < -0.3 is 10.1 Å². The summed E-state index contributed by atoms with van der Waals surface area (Å²) < 4.78 is 18.3. The lowest BCUT2D eigenvalue weighted by Gasteiger charge is -2.14. The van der Waals surface area contributed by atoms with Crippen LogP contribution in [0.5, 0.6) is 5.75 Å². The van der Waals surface area contributed by atoms with Crippen molar-refractivity contribution in [3.63, 3.8) is 0 Å². The molecule has 1 atom stereocenters. The zero-order chi connectivity index (χ0) is 15.2. The van der Waals surface area contributed by atoms with Crippen LogP contribution in [0.1, 0.15) is 18.5 Å². The average Bonchev–Trinajstić information content (AvgIpc) is 2.49. The monoisotopic (exact) mass is 307 g/mol. The number of hydrogen-bond acceptors (Lipinski definition) is 2. The van der Waals surface area contributed by atoms with E-state index in [1.54, 1.807) is 0 Å². The van der Waals surface area contributed by atoms with Crippen LogP contribution in [0.3, 0.4) is 0 Å². The van der Waals surface area contributed by atoms with Gasteiger partial charge in [0, 0.05) is 6.07 Å². The number of hydrogen-bond donors (Lipinski definition) is 1. The van der Waals surface area contributed by atoms with Crippen LogP contribution in [-0.4, -0.2) is 12.5 Å². The average molecular weight is 308 g/mol. The molecule has 0 saturated carbocycles. The smallest absolute Gasteiger partial charge is 0.258 e. The highest BCUT2D eigenvalue weighted by atomic mass is 35.5. The summed E-state index contributed by atoms with van der Waals surface area (Å²) in [6.07, 6.45) is 0. The van der Waals surface area contributed by atoms with E-state index in [2.05, 4.69) is 5.32 Å². The lowest BCUT2D eigenvalue weighted by molar-refractivity contribution is -0.123. The SMILES string of the molecule is C[C@@H](NC(=O)COc1ccc(F)c(Cl)c1)c1ccccc1. The van der Waals surface area contributed by atoms with Crippen molar-refractivity contribution in [2.45, 2.75) is 13.0 Å². The Hall–Kier alpha value is -2.07. The van der Waals surface area contributed by atoms with Gasteiger partial charge in [-0.1, -0.05) is 41.9 Å². The molecular formula is C16H15ClFNO2. The third-order valence-corrected chi connectivity index (χ3v) is 3.23. The van der Waals surface area contributed by atoms with E-state index < -0.39 is 5.82 Å². The van der Waals surface area contributed by atoms with Gasteiger partial charge in [-0.3, -0.25) is 4.79 Å². The Morgan fingerprint density at radius 3 is 2.67 bits per heavy atom.